The second-order valence-corrected chi connectivity index (χ2v) is 10.1. The molecular formula is C20H28N2O4S. The number of sulfonamides is 1. The largest absolute Gasteiger partial charge is 0.381 e. The van der Waals surface area contributed by atoms with Crippen molar-refractivity contribution in [1.82, 2.24) is 9.62 Å². The molecule has 2 heterocycles. The van der Waals surface area contributed by atoms with Gasteiger partial charge in [0, 0.05) is 31.8 Å². The minimum Gasteiger partial charge on any atom is -0.381 e. The molecule has 1 aliphatic carbocycles. The molecule has 3 fully saturated rings. The summed E-state index contributed by atoms with van der Waals surface area (Å²) >= 11 is 0. The lowest BCUT2D eigenvalue weighted by Crippen LogP contribution is -2.32. The summed E-state index contributed by atoms with van der Waals surface area (Å²) in [5.41, 5.74) is 0.765. The third-order valence-corrected chi connectivity index (χ3v) is 7.79. The fourth-order valence-corrected chi connectivity index (χ4v) is 5.84. The zero-order valence-corrected chi connectivity index (χ0v) is 16.5. The first kappa shape index (κ1) is 18.9. The summed E-state index contributed by atoms with van der Waals surface area (Å²) in [5, 5.41) is 0. The van der Waals surface area contributed by atoms with E-state index >= 15 is 0 Å². The molecule has 0 radical (unpaired) electrons. The van der Waals surface area contributed by atoms with Gasteiger partial charge < -0.3 is 9.64 Å². The van der Waals surface area contributed by atoms with E-state index in [2.05, 4.69) is 4.72 Å². The summed E-state index contributed by atoms with van der Waals surface area (Å²) in [6, 6.07) is 6.43. The number of hydrogen-bond acceptors (Lipinski definition) is 4. The minimum atomic E-state index is -3.63. The Kier molecular flexibility index (Phi) is 5.27. The van der Waals surface area contributed by atoms with Crippen molar-refractivity contribution in [2.45, 2.75) is 43.4 Å². The fraction of sp³-hybridized carbons (Fsp3) is 0.650. The molecule has 2 aliphatic heterocycles. The normalized spacial score (nSPS) is 24.7. The molecule has 148 valence electrons. The monoisotopic (exact) mass is 392 g/mol. The number of benzene rings is 1. The van der Waals surface area contributed by atoms with Crippen molar-refractivity contribution in [3.8, 4) is 0 Å². The van der Waals surface area contributed by atoms with Gasteiger partial charge in [-0.05, 0) is 55.2 Å². The van der Waals surface area contributed by atoms with E-state index in [4.69, 9.17) is 4.74 Å². The zero-order valence-electron chi connectivity index (χ0n) is 15.7. The smallest absolute Gasteiger partial charge is 0.253 e. The molecule has 2 saturated heterocycles. The van der Waals surface area contributed by atoms with Crippen LogP contribution in [0.3, 0.4) is 0 Å². The molecule has 1 amide bonds. The zero-order chi connectivity index (χ0) is 18.9. The summed E-state index contributed by atoms with van der Waals surface area (Å²) in [6.45, 7) is 3.24. The Morgan fingerprint density at radius 2 is 2.07 bits per heavy atom. The van der Waals surface area contributed by atoms with E-state index in [0.29, 0.717) is 30.7 Å². The first-order valence-corrected chi connectivity index (χ1v) is 11.4. The Morgan fingerprint density at radius 3 is 2.81 bits per heavy atom. The van der Waals surface area contributed by atoms with Gasteiger partial charge in [-0.2, -0.15) is 0 Å². The highest BCUT2D eigenvalue weighted by Crippen LogP contribution is 2.45. The van der Waals surface area contributed by atoms with Gasteiger partial charge in [-0.1, -0.05) is 18.9 Å². The van der Waals surface area contributed by atoms with Gasteiger partial charge in [-0.25, -0.2) is 13.1 Å². The average Bonchev–Trinajstić information content (AvgIpc) is 3.43. The van der Waals surface area contributed by atoms with Crippen molar-refractivity contribution in [1.29, 1.82) is 0 Å². The number of nitrogens with zero attached hydrogens (tertiary/aromatic N) is 1. The van der Waals surface area contributed by atoms with Crippen LogP contribution >= 0.6 is 0 Å². The summed E-state index contributed by atoms with van der Waals surface area (Å²) < 4.78 is 33.2. The maximum atomic E-state index is 12.9. The molecule has 7 heteroatoms. The van der Waals surface area contributed by atoms with Gasteiger partial charge in [0.1, 0.15) is 0 Å². The Balaban J connectivity index is 1.44. The standard InChI is InChI=1S/C20H28N2O4S/c23-19(22-10-9-20(15-22)7-1-2-8-20)17-4-3-5-18(12-17)27(24,25)21-13-16-6-11-26-14-16/h3-5,12,16,21H,1-2,6-11,13-15H2/t16-/m1/s1. The van der Waals surface area contributed by atoms with Crippen LogP contribution in [0.2, 0.25) is 0 Å². The van der Waals surface area contributed by atoms with E-state index < -0.39 is 10.0 Å². The van der Waals surface area contributed by atoms with Gasteiger partial charge in [0.15, 0.2) is 0 Å². The molecule has 27 heavy (non-hydrogen) atoms. The molecule has 1 aromatic carbocycles. The number of ether oxygens (including phenoxy) is 1. The molecule has 4 rings (SSSR count). The van der Waals surface area contributed by atoms with Crippen molar-refractivity contribution in [3.05, 3.63) is 29.8 Å². The van der Waals surface area contributed by atoms with Crippen molar-refractivity contribution < 1.29 is 17.9 Å². The second kappa shape index (κ2) is 7.53. The average molecular weight is 393 g/mol. The lowest BCUT2D eigenvalue weighted by Gasteiger charge is -2.23. The quantitative estimate of drug-likeness (QED) is 0.835. The molecule has 0 bridgehead atoms. The van der Waals surface area contributed by atoms with Crippen molar-refractivity contribution in [2.75, 3.05) is 32.8 Å². The Hall–Kier alpha value is -1.44. The maximum Gasteiger partial charge on any atom is 0.253 e. The number of likely N-dealkylation sites (tertiary alicyclic amines) is 1. The topological polar surface area (TPSA) is 75.7 Å². The number of hydrogen-bond donors (Lipinski definition) is 1. The summed E-state index contributed by atoms with van der Waals surface area (Å²) in [7, 11) is -3.63. The first-order chi connectivity index (χ1) is 13.0. The lowest BCUT2D eigenvalue weighted by molar-refractivity contribution is 0.0773. The molecule has 0 unspecified atom stereocenters. The number of rotatable bonds is 5. The molecular weight excluding hydrogens is 364 g/mol. The molecule has 1 saturated carbocycles. The van der Waals surface area contributed by atoms with Crippen LogP contribution in [-0.2, 0) is 14.8 Å². The van der Waals surface area contributed by atoms with Gasteiger partial charge in [0.05, 0.1) is 11.5 Å². The third-order valence-electron chi connectivity index (χ3n) is 6.37. The first-order valence-electron chi connectivity index (χ1n) is 9.94. The summed E-state index contributed by atoms with van der Waals surface area (Å²) in [5.74, 6) is 0.164. The third kappa shape index (κ3) is 4.05. The van der Waals surface area contributed by atoms with Crippen LogP contribution in [0.25, 0.3) is 0 Å². The van der Waals surface area contributed by atoms with E-state index in [0.717, 1.165) is 25.9 Å². The van der Waals surface area contributed by atoms with Crippen LogP contribution in [0.5, 0.6) is 0 Å². The van der Waals surface area contributed by atoms with Gasteiger partial charge in [0.25, 0.3) is 5.91 Å². The minimum absolute atomic E-state index is 0.0555. The van der Waals surface area contributed by atoms with Gasteiger partial charge in [0.2, 0.25) is 10.0 Å². The Bertz CT molecular complexity index is 796. The molecule has 3 aliphatic rings. The second-order valence-electron chi connectivity index (χ2n) is 8.29. The van der Waals surface area contributed by atoms with Crippen molar-refractivity contribution in [2.24, 2.45) is 11.3 Å². The number of carbonyl (C=O) groups excluding carboxylic acids is 1. The van der Waals surface area contributed by atoms with E-state index in [-0.39, 0.29) is 16.7 Å². The van der Waals surface area contributed by atoms with Crippen LogP contribution < -0.4 is 4.72 Å². The van der Waals surface area contributed by atoms with E-state index in [9.17, 15) is 13.2 Å². The molecule has 1 atom stereocenters. The molecule has 6 nitrogen and oxygen atoms in total. The molecule has 0 aromatic heterocycles. The number of carbonyl (C=O) groups is 1. The van der Waals surface area contributed by atoms with Crippen molar-refractivity contribution >= 4 is 15.9 Å². The molecule has 1 N–H and O–H groups in total. The van der Waals surface area contributed by atoms with E-state index in [1.54, 1.807) is 18.2 Å². The Labute approximate surface area is 161 Å². The number of amides is 1. The van der Waals surface area contributed by atoms with Crippen LogP contribution in [-0.4, -0.2) is 52.1 Å². The fourth-order valence-electron chi connectivity index (χ4n) is 4.68. The van der Waals surface area contributed by atoms with Crippen LogP contribution in [0.1, 0.15) is 48.9 Å². The summed E-state index contributed by atoms with van der Waals surface area (Å²) in [6.07, 6.45) is 6.88. The maximum absolute atomic E-state index is 12.9. The van der Waals surface area contributed by atoms with E-state index in [1.165, 1.54) is 31.7 Å². The molecule has 1 aromatic rings. The molecule has 1 spiro atoms. The predicted molar refractivity (Wildman–Crippen MR) is 102 cm³/mol. The highest BCUT2D eigenvalue weighted by Gasteiger charge is 2.41. The SMILES string of the molecule is O=C(c1cccc(S(=O)(=O)NC[C@H]2CCOC2)c1)N1CCC2(CCCC2)C1. The van der Waals surface area contributed by atoms with E-state index in [1.807, 2.05) is 4.90 Å². The highest BCUT2D eigenvalue weighted by atomic mass is 32.2. The van der Waals surface area contributed by atoms with Gasteiger partial charge >= 0.3 is 0 Å². The van der Waals surface area contributed by atoms with Gasteiger partial charge in [-0.15, -0.1) is 0 Å². The van der Waals surface area contributed by atoms with Crippen molar-refractivity contribution in [3.63, 3.8) is 0 Å². The summed E-state index contributed by atoms with van der Waals surface area (Å²) in [4.78, 5) is 15.0. The lowest BCUT2D eigenvalue weighted by atomic mass is 9.86. The predicted octanol–water partition coefficient (Wildman–Crippen LogP) is 2.41. The van der Waals surface area contributed by atoms with Crippen LogP contribution in [0.4, 0.5) is 0 Å². The van der Waals surface area contributed by atoms with Crippen LogP contribution in [0.15, 0.2) is 29.2 Å². The number of nitrogens with one attached hydrogen (secondary N) is 1. The highest BCUT2D eigenvalue weighted by molar-refractivity contribution is 7.89. The van der Waals surface area contributed by atoms with Gasteiger partial charge in [-0.3, -0.25) is 4.79 Å². The Morgan fingerprint density at radius 1 is 1.26 bits per heavy atom. The van der Waals surface area contributed by atoms with Crippen LogP contribution in [0, 0.1) is 11.3 Å².